The number of carbonyl (C=O) groups is 2. The van der Waals surface area contributed by atoms with E-state index in [1.165, 1.54) is 36.4 Å². The smallest absolute Gasteiger partial charge is 0.550 e. The van der Waals surface area contributed by atoms with Gasteiger partial charge in [-0.1, -0.05) is 36.4 Å². The molecule has 0 atom stereocenters. The number of hydrogen-bond donors (Lipinski definition) is 0. The molecule has 2 aromatic carbocycles. The van der Waals surface area contributed by atoms with Crippen molar-refractivity contribution >= 4 is 35.0 Å². The molecule has 0 aliphatic heterocycles. The van der Waals surface area contributed by atoms with Crippen molar-refractivity contribution in [1.29, 1.82) is 0 Å². The van der Waals surface area contributed by atoms with Crippen molar-refractivity contribution < 1.29 is 28.6 Å². The molecule has 0 heterocycles. The van der Waals surface area contributed by atoms with Gasteiger partial charge in [-0.05, 0) is 23.3 Å². The van der Waals surface area contributed by atoms with Gasteiger partial charge in [-0.25, -0.2) is 8.78 Å². The van der Waals surface area contributed by atoms with Crippen LogP contribution in [0.25, 0.3) is 0 Å². The monoisotopic (exact) mass is 330 g/mol. The zero-order valence-electron chi connectivity index (χ0n) is 12.1. The van der Waals surface area contributed by atoms with Crippen LogP contribution in [0.1, 0.15) is 11.1 Å². The van der Waals surface area contributed by atoms with E-state index in [-0.39, 0.29) is 47.0 Å². The summed E-state index contributed by atoms with van der Waals surface area (Å²) in [5.41, 5.74) is 0.319. The average molecular weight is 331 g/mol. The van der Waals surface area contributed by atoms with Crippen LogP contribution in [-0.4, -0.2) is 35.0 Å². The number of carboxylic acid groups (broad SMARTS) is 2. The molecule has 0 fully saturated rings. The molecule has 0 radical (unpaired) electrons. The molecule has 4 nitrogen and oxygen atoms in total. The molecule has 0 saturated heterocycles. The minimum atomic E-state index is -1.27. The maximum Gasteiger partial charge on any atom is 2.00 e. The number of carbonyl (C=O) groups excluding carboxylic acids is 2. The Morgan fingerprint density at radius 3 is 1.30 bits per heavy atom. The van der Waals surface area contributed by atoms with Crippen LogP contribution in [0.5, 0.6) is 0 Å². The van der Waals surface area contributed by atoms with Gasteiger partial charge in [0.2, 0.25) is 0 Å². The van der Waals surface area contributed by atoms with Crippen molar-refractivity contribution in [3.8, 4) is 0 Å². The van der Waals surface area contributed by atoms with Gasteiger partial charge in [0.1, 0.15) is 11.6 Å². The molecular weight excluding hydrogens is 318 g/mol. The summed E-state index contributed by atoms with van der Waals surface area (Å²) in [5.74, 6) is -3.54. The van der Waals surface area contributed by atoms with Gasteiger partial charge < -0.3 is 19.8 Å². The van der Waals surface area contributed by atoms with Crippen LogP contribution < -0.4 is 10.2 Å². The summed E-state index contributed by atoms with van der Waals surface area (Å²) in [4.78, 5) is 20.1. The van der Waals surface area contributed by atoms with Crippen molar-refractivity contribution in [1.82, 2.24) is 0 Å². The third-order valence-corrected chi connectivity index (χ3v) is 2.59. The minimum absolute atomic E-state index is 0. The van der Waals surface area contributed by atoms with E-state index in [2.05, 4.69) is 0 Å². The average Bonchev–Trinajstić information content (AvgIpc) is 2.44. The van der Waals surface area contributed by atoms with Crippen LogP contribution in [0.4, 0.5) is 8.78 Å². The van der Waals surface area contributed by atoms with Crippen molar-refractivity contribution in [2.24, 2.45) is 0 Å². The van der Waals surface area contributed by atoms with Crippen molar-refractivity contribution in [2.45, 2.75) is 12.8 Å². The van der Waals surface area contributed by atoms with E-state index in [0.29, 0.717) is 0 Å². The minimum Gasteiger partial charge on any atom is -0.550 e. The molecule has 0 amide bonds. The molecular formula is C16H12F2MgO4. The Hall–Kier alpha value is -1.99. The Morgan fingerprint density at radius 1 is 0.739 bits per heavy atom. The molecule has 0 saturated carbocycles. The van der Waals surface area contributed by atoms with Gasteiger partial charge in [0.25, 0.3) is 0 Å². The summed E-state index contributed by atoms with van der Waals surface area (Å²) >= 11 is 0. The van der Waals surface area contributed by atoms with Gasteiger partial charge >= 0.3 is 23.1 Å². The second kappa shape index (κ2) is 10.7. The standard InChI is InChI=1S/2C8H7FO2.Mg/c2*9-7-4-2-1-3-6(7)5-8(10)11;/h2*1-4H,5H2,(H,10,11);/q;;+2/p-2. The molecule has 2 aromatic rings. The second-order valence-corrected chi connectivity index (χ2v) is 4.28. The number of halogens is 2. The third kappa shape index (κ3) is 8.27. The zero-order chi connectivity index (χ0) is 16.5. The third-order valence-electron chi connectivity index (χ3n) is 2.59. The number of carboxylic acids is 2. The van der Waals surface area contributed by atoms with Gasteiger partial charge in [0.05, 0.1) is 0 Å². The summed E-state index contributed by atoms with van der Waals surface area (Å²) in [6.45, 7) is 0. The molecule has 0 aromatic heterocycles. The van der Waals surface area contributed by atoms with Gasteiger partial charge in [0, 0.05) is 24.8 Å². The number of hydrogen-bond acceptors (Lipinski definition) is 4. The van der Waals surface area contributed by atoms with E-state index in [9.17, 15) is 28.6 Å². The predicted octanol–water partition coefficient (Wildman–Crippen LogP) is -0.145. The number of aliphatic carboxylic acids is 2. The largest absolute Gasteiger partial charge is 2.00 e. The van der Waals surface area contributed by atoms with E-state index >= 15 is 0 Å². The molecule has 0 aliphatic rings. The fraction of sp³-hybridized carbons (Fsp3) is 0.125. The maximum atomic E-state index is 12.7. The predicted molar refractivity (Wildman–Crippen MR) is 76.0 cm³/mol. The van der Waals surface area contributed by atoms with Gasteiger partial charge in [-0.15, -0.1) is 0 Å². The van der Waals surface area contributed by atoms with Crippen LogP contribution in [-0.2, 0) is 22.4 Å². The summed E-state index contributed by atoms with van der Waals surface area (Å²) in [6, 6.07) is 11.5. The van der Waals surface area contributed by atoms with Crippen LogP contribution in [0.2, 0.25) is 0 Å². The Kier molecular flexibility index (Phi) is 9.76. The first-order valence-electron chi connectivity index (χ1n) is 6.26. The van der Waals surface area contributed by atoms with Crippen LogP contribution in [0.3, 0.4) is 0 Å². The fourth-order valence-corrected chi connectivity index (χ4v) is 1.59. The summed E-state index contributed by atoms with van der Waals surface area (Å²) in [6.07, 6.45) is -0.737. The van der Waals surface area contributed by atoms with E-state index in [1.807, 2.05) is 0 Å². The second-order valence-electron chi connectivity index (χ2n) is 4.28. The molecule has 0 spiro atoms. The summed E-state index contributed by atoms with van der Waals surface area (Å²) < 4.78 is 25.3. The van der Waals surface area contributed by atoms with Crippen LogP contribution >= 0.6 is 0 Å². The summed E-state index contributed by atoms with van der Waals surface area (Å²) in [5, 5.41) is 20.1. The maximum absolute atomic E-state index is 12.7. The topological polar surface area (TPSA) is 80.3 Å². The first-order valence-corrected chi connectivity index (χ1v) is 6.26. The Morgan fingerprint density at radius 2 is 1.04 bits per heavy atom. The van der Waals surface area contributed by atoms with Crippen molar-refractivity contribution in [3.63, 3.8) is 0 Å². The Balaban J connectivity index is 0.000000403. The van der Waals surface area contributed by atoms with Crippen LogP contribution in [0.15, 0.2) is 48.5 Å². The van der Waals surface area contributed by atoms with Gasteiger partial charge in [-0.2, -0.15) is 0 Å². The molecule has 23 heavy (non-hydrogen) atoms. The first-order chi connectivity index (χ1) is 10.4. The Bertz CT molecular complexity index is 605. The van der Waals surface area contributed by atoms with E-state index < -0.39 is 23.6 Å². The van der Waals surface area contributed by atoms with Crippen LogP contribution in [0, 0.1) is 11.6 Å². The summed E-state index contributed by atoms with van der Waals surface area (Å²) in [7, 11) is 0. The van der Waals surface area contributed by atoms with Crippen molar-refractivity contribution in [2.75, 3.05) is 0 Å². The molecule has 0 bridgehead atoms. The zero-order valence-corrected chi connectivity index (χ0v) is 13.5. The fourth-order valence-electron chi connectivity index (χ4n) is 1.59. The van der Waals surface area contributed by atoms with Crippen molar-refractivity contribution in [3.05, 3.63) is 71.3 Å². The quantitative estimate of drug-likeness (QED) is 0.731. The normalized spacial score (nSPS) is 9.13. The molecule has 7 heteroatoms. The first kappa shape index (κ1) is 21.0. The molecule has 0 N–H and O–H groups in total. The van der Waals surface area contributed by atoms with Gasteiger partial charge in [-0.3, -0.25) is 0 Å². The molecule has 116 valence electrons. The van der Waals surface area contributed by atoms with E-state index in [1.54, 1.807) is 12.1 Å². The van der Waals surface area contributed by atoms with E-state index in [0.717, 1.165) is 0 Å². The van der Waals surface area contributed by atoms with E-state index in [4.69, 9.17) is 0 Å². The van der Waals surface area contributed by atoms with Gasteiger partial charge in [0.15, 0.2) is 0 Å². The SMILES string of the molecule is O=C([O-])Cc1ccccc1F.O=C([O-])Cc1ccccc1F.[Mg+2]. The number of benzene rings is 2. The molecule has 0 unspecified atom stereocenters. The number of rotatable bonds is 4. The Labute approximate surface area is 147 Å². The molecule has 2 rings (SSSR count). The molecule has 0 aliphatic carbocycles.